The second-order valence-electron chi connectivity index (χ2n) is 4.86. The van der Waals surface area contributed by atoms with Gasteiger partial charge in [-0.05, 0) is 39.1 Å². The molecule has 0 amide bonds. The lowest BCUT2D eigenvalue weighted by atomic mass is 10.3. The van der Waals surface area contributed by atoms with Gasteiger partial charge in [0.1, 0.15) is 0 Å². The topological polar surface area (TPSA) is 70.8 Å². The maximum Gasteiger partial charge on any atom is 0.276 e. The minimum absolute atomic E-state index is 0.0261. The van der Waals surface area contributed by atoms with Crippen LogP contribution in [-0.2, 0) is 10.0 Å². The molecule has 19 heavy (non-hydrogen) atoms. The zero-order chi connectivity index (χ0) is 14.0. The van der Waals surface area contributed by atoms with E-state index in [2.05, 4.69) is 4.90 Å². The molecular formula is C12H18N2O4S. The Morgan fingerprint density at radius 2 is 2.11 bits per heavy atom. The molecule has 1 aliphatic heterocycles. The molecule has 2 rings (SSSR count). The fourth-order valence-corrected chi connectivity index (χ4v) is 3.94. The Morgan fingerprint density at radius 3 is 2.74 bits per heavy atom. The van der Waals surface area contributed by atoms with E-state index >= 15 is 0 Å². The summed E-state index contributed by atoms with van der Waals surface area (Å²) in [5.41, 5.74) is 0. The van der Waals surface area contributed by atoms with E-state index < -0.39 is 10.0 Å². The minimum atomic E-state index is -3.67. The smallest absolute Gasteiger partial charge is 0.276 e. The number of furan rings is 1. The summed E-state index contributed by atoms with van der Waals surface area (Å²) in [6, 6.07) is 2.58. The van der Waals surface area contributed by atoms with Crippen molar-refractivity contribution in [1.29, 1.82) is 0 Å². The van der Waals surface area contributed by atoms with Crippen molar-refractivity contribution >= 4 is 16.3 Å². The summed E-state index contributed by atoms with van der Waals surface area (Å²) in [7, 11) is -1.69. The Balaban J connectivity index is 2.29. The molecule has 6 nitrogen and oxygen atoms in total. The molecule has 106 valence electrons. The van der Waals surface area contributed by atoms with Gasteiger partial charge in [0.15, 0.2) is 12.0 Å². The molecule has 0 radical (unpaired) electrons. The number of hydrogen-bond donors (Lipinski definition) is 0. The molecule has 1 aliphatic rings. The van der Waals surface area contributed by atoms with Gasteiger partial charge in [-0.2, -0.15) is 4.31 Å². The van der Waals surface area contributed by atoms with E-state index in [1.165, 1.54) is 16.4 Å². The first-order valence-corrected chi connectivity index (χ1v) is 7.64. The summed E-state index contributed by atoms with van der Waals surface area (Å²) in [4.78, 5) is 12.7. The van der Waals surface area contributed by atoms with Gasteiger partial charge >= 0.3 is 0 Å². The van der Waals surface area contributed by atoms with Crippen LogP contribution in [0.4, 0.5) is 0 Å². The van der Waals surface area contributed by atoms with Crippen LogP contribution in [0.3, 0.4) is 0 Å². The number of sulfonamides is 1. The van der Waals surface area contributed by atoms with Gasteiger partial charge in [-0.25, -0.2) is 8.42 Å². The lowest BCUT2D eigenvalue weighted by Gasteiger charge is -2.26. The number of likely N-dealkylation sites (N-methyl/N-ethyl adjacent to an activating group) is 1. The van der Waals surface area contributed by atoms with E-state index in [1.807, 2.05) is 14.0 Å². The summed E-state index contributed by atoms with van der Waals surface area (Å²) >= 11 is 0. The molecule has 0 aromatic carbocycles. The molecule has 1 aromatic rings. The fourth-order valence-electron chi connectivity index (χ4n) is 2.36. The lowest BCUT2D eigenvalue weighted by molar-refractivity contribution is 0.109. The third-order valence-corrected chi connectivity index (χ3v) is 5.15. The minimum Gasteiger partial charge on any atom is -0.440 e. The van der Waals surface area contributed by atoms with Crippen LogP contribution in [0.2, 0.25) is 0 Å². The Hall–Kier alpha value is -1.18. The molecule has 1 aromatic heterocycles. The summed E-state index contributed by atoms with van der Waals surface area (Å²) in [6.45, 7) is 3.89. The summed E-state index contributed by atoms with van der Waals surface area (Å²) in [6.07, 6.45) is 1.28. The normalized spacial score (nSPS) is 23.2. The van der Waals surface area contributed by atoms with E-state index in [0.717, 1.165) is 13.0 Å². The maximum atomic E-state index is 12.5. The average Bonchev–Trinajstić information content (AvgIpc) is 2.76. The molecule has 1 unspecified atom stereocenters. The van der Waals surface area contributed by atoms with Crippen molar-refractivity contribution < 1.29 is 17.6 Å². The van der Waals surface area contributed by atoms with Crippen LogP contribution < -0.4 is 0 Å². The third kappa shape index (κ3) is 2.88. The van der Waals surface area contributed by atoms with Gasteiger partial charge < -0.3 is 9.32 Å². The lowest BCUT2D eigenvalue weighted by Crippen LogP contribution is -2.41. The molecule has 0 aliphatic carbocycles. The van der Waals surface area contributed by atoms with Gasteiger partial charge in [0.05, 0.1) is 0 Å². The van der Waals surface area contributed by atoms with Gasteiger partial charge in [0.25, 0.3) is 10.0 Å². The Morgan fingerprint density at radius 1 is 1.37 bits per heavy atom. The van der Waals surface area contributed by atoms with Crippen LogP contribution >= 0.6 is 0 Å². The van der Waals surface area contributed by atoms with Crippen LogP contribution in [0.1, 0.15) is 23.9 Å². The predicted molar refractivity (Wildman–Crippen MR) is 69.6 cm³/mol. The van der Waals surface area contributed by atoms with Crippen molar-refractivity contribution in [1.82, 2.24) is 9.21 Å². The molecule has 0 bridgehead atoms. The number of aldehydes is 1. The van der Waals surface area contributed by atoms with Crippen LogP contribution in [-0.4, -0.2) is 56.6 Å². The van der Waals surface area contributed by atoms with Crippen LogP contribution in [0.25, 0.3) is 0 Å². The van der Waals surface area contributed by atoms with Crippen molar-refractivity contribution in [2.75, 3.05) is 26.7 Å². The van der Waals surface area contributed by atoms with Crippen molar-refractivity contribution in [2.24, 2.45) is 0 Å². The van der Waals surface area contributed by atoms with Crippen molar-refractivity contribution in [3.8, 4) is 0 Å². The maximum absolute atomic E-state index is 12.5. The monoisotopic (exact) mass is 286 g/mol. The molecular weight excluding hydrogens is 268 g/mol. The Labute approximate surface area is 113 Å². The first kappa shape index (κ1) is 14.2. The highest BCUT2D eigenvalue weighted by atomic mass is 32.2. The second kappa shape index (κ2) is 5.44. The largest absolute Gasteiger partial charge is 0.440 e. The number of hydrogen-bond acceptors (Lipinski definition) is 5. The molecule has 7 heteroatoms. The van der Waals surface area contributed by atoms with Gasteiger partial charge in [-0.3, -0.25) is 4.79 Å². The summed E-state index contributed by atoms with van der Waals surface area (Å²) < 4.78 is 31.5. The average molecular weight is 286 g/mol. The molecule has 0 spiro atoms. The highest BCUT2D eigenvalue weighted by Crippen LogP contribution is 2.22. The number of rotatable bonds is 3. The first-order chi connectivity index (χ1) is 8.95. The van der Waals surface area contributed by atoms with Crippen molar-refractivity contribution in [3.63, 3.8) is 0 Å². The SMILES string of the molecule is CC1CN(C)CCCN1S(=O)(=O)c1ccc(C=O)o1. The molecule has 1 fully saturated rings. The van der Waals surface area contributed by atoms with Crippen LogP contribution in [0, 0.1) is 0 Å². The fraction of sp³-hybridized carbons (Fsp3) is 0.583. The Bertz CT molecular complexity index is 552. The highest BCUT2D eigenvalue weighted by Gasteiger charge is 2.33. The molecule has 0 N–H and O–H groups in total. The van der Waals surface area contributed by atoms with E-state index in [1.54, 1.807) is 0 Å². The quantitative estimate of drug-likeness (QED) is 0.769. The van der Waals surface area contributed by atoms with Crippen molar-refractivity contribution in [2.45, 2.75) is 24.5 Å². The molecule has 1 atom stereocenters. The Kier molecular flexibility index (Phi) is 4.07. The number of carbonyl (C=O) groups is 1. The van der Waals surface area contributed by atoms with E-state index in [0.29, 0.717) is 19.4 Å². The zero-order valence-corrected chi connectivity index (χ0v) is 11.9. The number of carbonyl (C=O) groups excluding carboxylic acids is 1. The van der Waals surface area contributed by atoms with Gasteiger partial charge in [0, 0.05) is 19.1 Å². The van der Waals surface area contributed by atoms with Gasteiger partial charge in [-0.1, -0.05) is 0 Å². The number of nitrogens with zero attached hydrogens (tertiary/aromatic N) is 2. The first-order valence-electron chi connectivity index (χ1n) is 6.20. The van der Waals surface area contributed by atoms with Gasteiger partial charge in [-0.15, -0.1) is 0 Å². The molecule has 0 saturated carbocycles. The second-order valence-corrected chi connectivity index (χ2v) is 6.68. The van der Waals surface area contributed by atoms with Crippen molar-refractivity contribution in [3.05, 3.63) is 17.9 Å². The van der Waals surface area contributed by atoms with E-state index in [9.17, 15) is 13.2 Å². The molecule has 1 saturated heterocycles. The van der Waals surface area contributed by atoms with Gasteiger partial charge in [0.2, 0.25) is 5.09 Å². The molecule has 2 heterocycles. The highest BCUT2D eigenvalue weighted by molar-refractivity contribution is 7.89. The summed E-state index contributed by atoms with van der Waals surface area (Å²) in [5, 5.41) is -0.161. The predicted octanol–water partition coefficient (Wildman–Crippen LogP) is 0.807. The van der Waals surface area contributed by atoms with Crippen LogP contribution in [0.5, 0.6) is 0 Å². The summed E-state index contributed by atoms with van der Waals surface area (Å²) in [5.74, 6) is 0.0261. The third-order valence-electron chi connectivity index (χ3n) is 3.27. The van der Waals surface area contributed by atoms with E-state index in [4.69, 9.17) is 4.42 Å². The zero-order valence-electron chi connectivity index (χ0n) is 11.1. The van der Waals surface area contributed by atoms with E-state index in [-0.39, 0.29) is 16.9 Å². The standard InChI is InChI=1S/C12H18N2O4S/c1-10-8-13(2)6-3-7-14(10)19(16,17)12-5-4-11(9-15)18-12/h4-5,9-10H,3,6-8H2,1-2H3. The van der Waals surface area contributed by atoms with Crippen LogP contribution in [0.15, 0.2) is 21.6 Å².